The van der Waals surface area contributed by atoms with E-state index in [0.717, 1.165) is 25.2 Å². The molecule has 0 spiro atoms. The zero-order chi connectivity index (χ0) is 13.7. The highest BCUT2D eigenvalue weighted by atomic mass is 19.3. The number of fused-ring (bicyclic) bond motifs is 1. The van der Waals surface area contributed by atoms with Crippen molar-refractivity contribution in [1.29, 1.82) is 0 Å². The fourth-order valence-electron chi connectivity index (χ4n) is 2.85. The van der Waals surface area contributed by atoms with Crippen LogP contribution in [0.25, 0.3) is 0 Å². The van der Waals surface area contributed by atoms with Crippen LogP contribution >= 0.6 is 0 Å². The molecule has 0 amide bonds. The van der Waals surface area contributed by atoms with Gasteiger partial charge in [-0.1, -0.05) is 0 Å². The largest absolute Gasteiger partial charge is 0.586 e. The Labute approximate surface area is 115 Å². The Morgan fingerprint density at radius 2 is 1.90 bits per heavy atom. The highest BCUT2D eigenvalue weighted by molar-refractivity contribution is 5.58. The van der Waals surface area contributed by atoms with Crippen LogP contribution in [-0.4, -0.2) is 31.5 Å². The fraction of sp³-hybridized carbons (Fsp3) is 0.571. The minimum Gasteiger partial charge on any atom is -0.395 e. The van der Waals surface area contributed by atoms with Crippen molar-refractivity contribution in [3.8, 4) is 11.5 Å². The molecule has 1 saturated carbocycles. The van der Waals surface area contributed by atoms with Gasteiger partial charge in [0.25, 0.3) is 0 Å². The Morgan fingerprint density at radius 3 is 2.70 bits per heavy atom. The second-order valence-electron chi connectivity index (χ2n) is 5.67. The quantitative estimate of drug-likeness (QED) is 0.922. The first-order chi connectivity index (χ1) is 9.59. The lowest BCUT2D eigenvalue weighted by atomic mass is 10.2. The maximum atomic E-state index is 13.0. The number of anilines is 1. The molecule has 0 bridgehead atoms. The number of ether oxygens (including phenoxy) is 2. The predicted octanol–water partition coefficient (Wildman–Crippen LogP) is 2.34. The van der Waals surface area contributed by atoms with Crippen LogP contribution in [-0.2, 0) is 0 Å². The molecule has 2 heterocycles. The Hall–Kier alpha value is -1.56. The summed E-state index contributed by atoms with van der Waals surface area (Å²) in [4.78, 5) is 2.19. The topological polar surface area (TPSA) is 33.7 Å². The first-order valence-electron chi connectivity index (χ1n) is 7.00. The minimum atomic E-state index is -3.54. The fourth-order valence-corrected chi connectivity index (χ4v) is 2.85. The van der Waals surface area contributed by atoms with Gasteiger partial charge in [-0.2, -0.15) is 0 Å². The number of nitrogens with one attached hydrogen (secondary N) is 1. The van der Waals surface area contributed by atoms with Gasteiger partial charge in [0.2, 0.25) is 0 Å². The Morgan fingerprint density at radius 1 is 1.10 bits per heavy atom. The average Bonchev–Trinajstić information content (AvgIpc) is 2.96. The molecule has 108 valence electrons. The van der Waals surface area contributed by atoms with Gasteiger partial charge < -0.3 is 19.7 Å². The van der Waals surface area contributed by atoms with Gasteiger partial charge in [0, 0.05) is 36.9 Å². The maximum Gasteiger partial charge on any atom is 0.586 e. The van der Waals surface area contributed by atoms with Crippen molar-refractivity contribution in [1.82, 2.24) is 5.32 Å². The molecule has 4 nitrogen and oxygen atoms in total. The molecular formula is C14H16F2N2O2. The van der Waals surface area contributed by atoms with Crippen molar-refractivity contribution in [3.05, 3.63) is 18.2 Å². The number of halogens is 2. The Bertz CT molecular complexity index is 534. The normalized spacial score (nSPS) is 27.1. The number of benzene rings is 1. The number of alkyl halides is 2. The van der Waals surface area contributed by atoms with Crippen LogP contribution in [0.15, 0.2) is 18.2 Å². The molecule has 0 aromatic heterocycles. The van der Waals surface area contributed by atoms with Crippen molar-refractivity contribution < 1.29 is 18.3 Å². The third kappa shape index (κ3) is 2.28. The SMILES string of the molecule is FC1(F)Oc2ccc(N3CCC(NC4CC4)C3)cc2O1. The van der Waals surface area contributed by atoms with Crippen LogP contribution in [0.5, 0.6) is 11.5 Å². The monoisotopic (exact) mass is 282 g/mol. The molecule has 3 aliphatic rings. The van der Waals surface area contributed by atoms with E-state index >= 15 is 0 Å². The number of hydrogen-bond acceptors (Lipinski definition) is 4. The molecule has 4 rings (SSSR count). The molecular weight excluding hydrogens is 266 g/mol. The van der Waals surface area contributed by atoms with E-state index in [0.29, 0.717) is 12.1 Å². The Balaban J connectivity index is 1.47. The van der Waals surface area contributed by atoms with Crippen molar-refractivity contribution in [2.45, 2.75) is 37.6 Å². The van der Waals surface area contributed by atoms with E-state index in [2.05, 4.69) is 19.7 Å². The highest BCUT2D eigenvalue weighted by Crippen LogP contribution is 2.43. The first-order valence-corrected chi connectivity index (χ1v) is 7.00. The predicted molar refractivity (Wildman–Crippen MR) is 69.4 cm³/mol. The lowest BCUT2D eigenvalue weighted by Crippen LogP contribution is -2.33. The van der Waals surface area contributed by atoms with E-state index in [1.165, 1.54) is 12.8 Å². The van der Waals surface area contributed by atoms with Gasteiger partial charge in [-0.15, -0.1) is 8.78 Å². The summed E-state index contributed by atoms with van der Waals surface area (Å²) < 4.78 is 34.9. The third-order valence-electron chi connectivity index (χ3n) is 3.99. The number of rotatable bonds is 3. The average molecular weight is 282 g/mol. The van der Waals surface area contributed by atoms with E-state index in [-0.39, 0.29) is 11.5 Å². The molecule has 1 aromatic carbocycles. The molecule has 6 heteroatoms. The smallest absolute Gasteiger partial charge is 0.395 e. The van der Waals surface area contributed by atoms with Crippen LogP contribution in [0.2, 0.25) is 0 Å². The van der Waals surface area contributed by atoms with Gasteiger partial charge in [-0.25, -0.2) is 0 Å². The molecule has 1 unspecified atom stereocenters. The first kappa shape index (κ1) is 12.2. The van der Waals surface area contributed by atoms with E-state index in [9.17, 15) is 8.78 Å². The molecule has 1 atom stereocenters. The molecule has 1 N–H and O–H groups in total. The lowest BCUT2D eigenvalue weighted by Gasteiger charge is -2.19. The molecule has 1 aliphatic carbocycles. The van der Waals surface area contributed by atoms with Crippen LogP contribution in [0, 0.1) is 0 Å². The van der Waals surface area contributed by atoms with E-state index in [4.69, 9.17) is 0 Å². The van der Waals surface area contributed by atoms with Crippen molar-refractivity contribution in [2.75, 3.05) is 18.0 Å². The molecule has 20 heavy (non-hydrogen) atoms. The second kappa shape index (κ2) is 4.22. The van der Waals surface area contributed by atoms with Crippen LogP contribution < -0.4 is 19.7 Å². The Kier molecular flexibility index (Phi) is 2.57. The molecule has 1 saturated heterocycles. The molecule has 1 aromatic rings. The van der Waals surface area contributed by atoms with Gasteiger partial charge in [-0.05, 0) is 31.4 Å². The van der Waals surface area contributed by atoms with Gasteiger partial charge in [0.05, 0.1) is 0 Å². The number of hydrogen-bond donors (Lipinski definition) is 1. The summed E-state index contributed by atoms with van der Waals surface area (Å²) in [6, 6.07) is 6.18. The lowest BCUT2D eigenvalue weighted by molar-refractivity contribution is -0.286. The summed E-state index contributed by atoms with van der Waals surface area (Å²) in [5.74, 6) is 0.219. The van der Waals surface area contributed by atoms with Gasteiger partial charge in [0.15, 0.2) is 11.5 Å². The zero-order valence-electron chi connectivity index (χ0n) is 10.9. The molecule has 0 radical (unpaired) electrons. The van der Waals surface area contributed by atoms with Gasteiger partial charge in [-0.3, -0.25) is 0 Å². The molecule has 2 aliphatic heterocycles. The summed E-state index contributed by atoms with van der Waals surface area (Å²) in [7, 11) is 0. The highest BCUT2D eigenvalue weighted by Gasteiger charge is 2.43. The summed E-state index contributed by atoms with van der Waals surface area (Å²) in [5.41, 5.74) is 0.908. The minimum absolute atomic E-state index is 0.102. The van der Waals surface area contributed by atoms with Crippen molar-refractivity contribution >= 4 is 5.69 Å². The van der Waals surface area contributed by atoms with Crippen molar-refractivity contribution in [2.24, 2.45) is 0 Å². The van der Waals surface area contributed by atoms with E-state index in [1.54, 1.807) is 12.1 Å². The summed E-state index contributed by atoms with van der Waals surface area (Å²) in [5, 5.41) is 3.60. The van der Waals surface area contributed by atoms with E-state index < -0.39 is 6.29 Å². The standard InChI is InChI=1S/C14H16F2N2O2/c15-14(16)19-12-4-3-11(7-13(12)20-14)18-6-5-10(8-18)17-9-1-2-9/h3-4,7,9-10,17H,1-2,5-6,8H2. The van der Waals surface area contributed by atoms with Gasteiger partial charge >= 0.3 is 6.29 Å². The van der Waals surface area contributed by atoms with Crippen LogP contribution in [0.1, 0.15) is 19.3 Å². The van der Waals surface area contributed by atoms with E-state index in [1.807, 2.05) is 6.07 Å². The molecule has 2 fully saturated rings. The number of nitrogens with zero attached hydrogens (tertiary/aromatic N) is 1. The summed E-state index contributed by atoms with van der Waals surface area (Å²) >= 11 is 0. The third-order valence-corrected chi connectivity index (χ3v) is 3.99. The maximum absolute atomic E-state index is 13.0. The van der Waals surface area contributed by atoms with Crippen LogP contribution in [0.3, 0.4) is 0 Å². The second-order valence-corrected chi connectivity index (χ2v) is 5.67. The van der Waals surface area contributed by atoms with Crippen molar-refractivity contribution in [3.63, 3.8) is 0 Å². The van der Waals surface area contributed by atoms with Gasteiger partial charge in [0.1, 0.15) is 0 Å². The summed E-state index contributed by atoms with van der Waals surface area (Å²) in [6.45, 7) is 1.84. The van der Waals surface area contributed by atoms with Crippen LogP contribution in [0.4, 0.5) is 14.5 Å². The zero-order valence-corrected chi connectivity index (χ0v) is 10.9. The summed E-state index contributed by atoms with van der Waals surface area (Å²) in [6.07, 6.45) is 0.0916.